The molecule has 5 nitrogen and oxygen atoms in total. The first kappa shape index (κ1) is 16.2. The van der Waals surface area contributed by atoms with E-state index in [9.17, 15) is 9.59 Å². The fourth-order valence-electron chi connectivity index (χ4n) is 1.76. The fraction of sp³-hybridized carbons (Fsp3) is 0.467. The first-order chi connectivity index (χ1) is 9.52. The van der Waals surface area contributed by atoms with Gasteiger partial charge in [-0.3, -0.25) is 4.79 Å². The lowest BCUT2D eigenvalue weighted by Crippen LogP contribution is -2.43. The number of nitrogens with one attached hydrogen (secondary N) is 1. The lowest BCUT2D eigenvalue weighted by Gasteiger charge is -2.18. The highest BCUT2D eigenvalue weighted by atomic mass is 16.5. The number of ketones is 1. The van der Waals surface area contributed by atoms with Gasteiger partial charge >= 0.3 is 6.09 Å². The van der Waals surface area contributed by atoms with Gasteiger partial charge in [0.15, 0.2) is 5.78 Å². The second kappa shape index (κ2) is 8.32. The van der Waals surface area contributed by atoms with Crippen LogP contribution in [-0.2, 0) is 16.1 Å². The summed E-state index contributed by atoms with van der Waals surface area (Å²) in [6.45, 7) is 3.44. The third-order valence-electron chi connectivity index (χ3n) is 2.76. The number of aliphatic hydroxyl groups is 1. The minimum Gasteiger partial charge on any atom is -0.445 e. The largest absolute Gasteiger partial charge is 0.445 e. The maximum absolute atomic E-state index is 11.7. The molecule has 0 aliphatic heterocycles. The SMILES string of the molecule is CC(C)C[C@H](NC(=O)OCc1ccccc1)C(=O)CO. The van der Waals surface area contributed by atoms with E-state index in [0.717, 1.165) is 5.56 Å². The summed E-state index contributed by atoms with van der Waals surface area (Å²) in [6, 6.07) is 8.57. The number of ether oxygens (including phenoxy) is 1. The van der Waals surface area contributed by atoms with E-state index < -0.39 is 24.5 Å². The van der Waals surface area contributed by atoms with Crippen molar-refractivity contribution in [1.82, 2.24) is 5.32 Å². The Morgan fingerprint density at radius 3 is 2.45 bits per heavy atom. The Hall–Kier alpha value is -1.88. The van der Waals surface area contributed by atoms with Gasteiger partial charge in [-0.1, -0.05) is 44.2 Å². The van der Waals surface area contributed by atoms with Crippen molar-refractivity contribution < 1.29 is 19.4 Å². The lowest BCUT2D eigenvalue weighted by molar-refractivity contribution is -0.124. The molecule has 0 saturated heterocycles. The Morgan fingerprint density at radius 1 is 1.25 bits per heavy atom. The minimum absolute atomic E-state index is 0.147. The zero-order valence-corrected chi connectivity index (χ0v) is 11.8. The van der Waals surface area contributed by atoms with Crippen LogP contribution in [-0.4, -0.2) is 29.6 Å². The Labute approximate surface area is 118 Å². The third kappa shape index (κ3) is 5.84. The molecule has 0 spiro atoms. The first-order valence-corrected chi connectivity index (χ1v) is 6.63. The molecule has 0 bridgehead atoms. The van der Waals surface area contributed by atoms with E-state index in [-0.39, 0.29) is 12.5 Å². The molecule has 1 aromatic carbocycles. The van der Waals surface area contributed by atoms with Gasteiger partial charge in [0, 0.05) is 0 Å². The van der Waals surface area contributed by atoms with Gasteiger partial charge in [0.2, 0.25) is 0 Å². The molecule has 0 aromatic heterocycles. The number of carbonyl (C=O) groups excluding carboxylic acids is 2. The number of carbonyl (C=O) groups is 2. The van der Waals surface area contributed by atoms with Crippen LogP contribution in [0.15, 0.2) is 30.3 Å². The van der Waals surface area contributed by atoms with Gasteiger partial charge in [-0.2, -0.15) is 0 Å². The maximum atomic E-state index is 11.7. The fourth-order valence-corrected chi connectivity index (χ4v) is 1.76. The molecule has 0 saturated carbocycles. The molecule has 20 heavy (non-hydrogen) atoms. The van der Waals surface area contributed by atoms with Crippen molar-refractivity contribution in [2.24, 2.45) is 5.92 Å². The van der Waals surface area contributed by atoms with Crippen molar-refractivity contribution >= 4 is 11.9 Å². The second-order valence-electron chi connectivity index (χ2n) is 5.01. The molecule has 110 valence electrons. The molecule has 0 heterocycles. The van der Waals surface area contributed by atoms with Crippen molar-refractivity contribution in [3.63, 3.8) is 0 Å². The van der Waals surface area contributed by atoms with Crippen LogP contribution >= 0.6 is 0 Å². The van der Waals surface area contributed by atoms with Crippen molar-refractivity contribution in [2.75, 3.05) is 6.61 Å². The number of rotatable bonds is 7. The standard InChI is InChI=1S/C15H21NO4/c1-11(2)8-13(14(18)9-17)16-15(19)20-10-12-6-4-3-5-7-12/h3-7,11,13,17H,8-10H2,1-2H3,(H,16,19)/t13-/m0/s1. The zero-order valence-electron chi connectivity index (χ0n) is 11.8. The number of alkyl carbamates (subject to hydrolysis) is 1. The van der Waals surface area contributed by atoms with Gasteiger partial charge < -0.3 is 15.2 Å². The van der Waals surface area contributed by atoms with Crippen molar-refractivity contribution in [1.29, 1.82) is 0 Å². The molecule has 0 radical (unpaired) electrons. The van der Waals surface area contributed by atoms with Crippen molar-refractivity contribution in [3.8, 4) is 0 Å². The normalized spacial score (nSPS) is 12.0. The number of aliphatic hydroxyl groups excluding tert-OH is 1. The smallest absolute Gasteiger partial charge is 0.408 e. The molecule has 5 heteroatoms. The van der Waals surface area contributed by atoms with Gasteiger partial charge in [-0.05, 0) is 17.9 Å². The minimum atomic E-state index is -0.705. The van der Waals surface area contributed by atoms with E-state index in [1.165, 1.54) is 0 Å². The summed E-state index contributed by atoms with van der Waals surface area (Å²) in [5.74, 6) is -0.180. The summed E-state index contributed by atoms with van der Waals surface area (Å²) < 4.78 is 5.05. The van der Waals surface area contributed by atoms with Crippen LogP contribution in [0.2, 0.25) is 0 Å². The van der Waals surface area contributed by atoms with Gasteiger partial charge in [0.25, 0.3) is 0 Å². The van der Waals surface area contributed by atoms with Gasteiger partial charge in [0.1, 0.15) is 13.2 Å². The van der Waals surface area contributed by atoms with E-state index in [1.54, 1.807) is 0 Å². The van der Waals surface area contributed by atoms with Gasteiger partial charge in [-0.15, -0.1) is 0 Å². The summed E-state index contributed by atoms with van der Waals surface area (Å²) in [4.78, 5) is 23.2. The zero-order chi connectivity index (χ0) is 15.0. The quantitative estimate of drug-likeness (QED) is 0.799. The number of Topliss-reactive ketones (excluding diaryl/α,β-unsaturated/α-hetero) is 1. The third-order valence-corrected chi connectivity index (χ3v) is 2.76. The summed E-state index contributed by atoms with van der Waals surface area (Å²) in [6.07, 6.45) is -0.180. The molecular formula is C15H21NO4. The monoisotopic (exact) mass is 279 g/mol. The number of benzene rings is 1. The molecule has 1 aromatic rings. The average molecular weight is 279 g/mol. The Balaban J connectivity index is 2.47. The highest BCUT2D eigenvalue weighted by Gasteiger charge is 2.21. The average Bonchev–Trinajstić information content (AvgIpc) is 2.44. The molecular weight excluding hydrogens is 258 g/mol. The molecule has 0 fully saturated rings. The summed E-state index contributed by atoms with van der Waals surface area (Å²) in [7, 11) is 0. The van der Waals surface area contributed by atoms with Crippen LogP contribution in [0.1, 0.15) is 25.8 Å². The van der Waals surface area contributed by atoms with E-state index in [1.807, 2.05) is 44.2 Å². The van der Waals surface area contributed by atoms with Crippen LogP contribution in [0.5, 0.6) is 0 Å². The summed E-state index contributed by atoms with van der Waals surface area (Å²) in [5.41, 5.74) is 0.872. The molecule has 2 N–H and O–H groups in total. The highest BCUT2D eigenvalue weighted by molar-refractivity contribution is 5.88. The van der Waals surface area contributed by atoms with Crippen molar-refractivity contribution in [2.45, 2.75) is 32.9 Å². The maximum Gasteiger partial charge on any atom is 0.408 e. The Kier molecular flexibility index (Phi) is 6.73. The second-order valence-corrected chi connectivity index (χ2v) is 5.01. The lowest BCUT2D eigenvalue weighted by atomic mass is 10.0. The molecule has 0 aliphatic carbocycles. The van der Waals surface area contributed by atoms with E-state index in [4.69, 9.17) is 9.84 Å². The molecule has 1 atom stereocenters. The number of hydrogen-bond acceptors (Lipinski definition) is 4. The first-order valence-electron chi connectivity index (χ1n) is 6.63. The van der Waals surface area contributed by atoms with E-state index in [2.05, 4.69) is 5.32 Å². The predicted molar refractivity (Wildman–Crippen MR) is 75.1 cm³/mol. The topological polar surface area (TPSA) is 75.6 Å². The van der Waals surface area contributed by atoms with E-state index in [0.29, 0.717) is 6.42 Å². The van der Waals surface area contributed by atoms with Crippen LogP contribution < -0.4 is 5.32 Å². The Morgan fingerprint density at radius 2 is 1.90 bits per heavy atom. The highest BCUT2D eigenvalue weighted by Crippen LogP contribution is 2.07. The molecule has 0 aliphatic rings. The number of amides is 1. The Bertz CT molecular complexity index is 431. The van der Waals surface area contributed by atoms with Crippen LogP contribution in [0, 0.1) is 5.92 Å². The van der Waals surface area contributed by atoms with Gasteiger partial charge in [0.05, 0.1) is 6.04 Å². The van der Waals surface area contributed by atoms with Crippen molar-refractivity contribution in [3.05, 3.63) is 35.9 Å². The summed E-state index contributed by atoms with van der Waals surface area (Å²) in [5, 5.41) is 11.4. The molecule has 1 rings (SSSR count). The molecule has 0 unspecified atom stereocenters. The summed E-state index contributed by atoms with van der Waals surface area (Å²) >= 11 is 0. The van der Waals surface area contributed by atoms with Gasteiger partial charge in [-0.25, -0.2) is 4.79 Å². The van der Waals surface area contributed by atoms with Crippen LogP contribution in [0.25, 0.3) is 0 Å². The number of hydrogen-bond donors (Lipinski definition) is 2. The predicted octanol–water partition coefficient (Wildman–Crippen LogP) is 1.89. The van der Waals surface area contributed by atoms with Crippen LogP contribution in [0.4, 0.5) is 4.79 Å². The molecule has 1 amide bonds. The van der Waals surface area contributed by atoms with Crippen LogP contribution in [0.3, 0.4) is 0 Å². The van der Waals surface area contributed by atoms with E-state index >= 15 is 0 Å².